The molecule has 0 saturated carbocycles. The molecule has 6 heteroatoms. The Bertz CT molecular complexity index is 371. The molecule has 1 heterocycles. The summed E-state index contributed by atoms with van der Waals surface area (Å²) in [5, 5.41) is 2.42. The van der Waals surface area contributed by atoms with Gasteiger partial charge in [-0.05, 0) is 0 Å². The topological polar surface area (TPSA) is 81.7 Å². The molecule has 0 spiro atoms. The van der Waals surface area contributed by atoms with Gasteiger partial charge >= 0.3 is 11.9 Å². The Kier molecular flexibility index (Phi) is 3.82. The lowest BCUT2D eigenvalue weighted by atomic mass is 10.3. The van der Waals surface area contributed by atoms with Crippen molar-refractivity contribution in [3.05, 3.63) is 24.4 Å². The zero-order valence-electron chi connectivity index (χ0n) is 8.69. The number of hydrogen-bond acceptors (Lipinski definition) is 5. The maximum atomic E-state index is 11.1. The summed E-state index contributed by atoms with van der Waals surface area (Å²) in [5.74, 6) is -1.86. The minimum atomic E-state index is -0.873. The van der Waals surface area contributed by atoms with E-state index in [1.807, 2.05) is 0 Å². The molecule has 1 aliphatic heterocycles. The number of nitrogens with one attached hydrogen (secondary N) is 1. The van der Waals surface area contributed by atoms with Crippen LogP contribution < -0.4 is 5.32 Å². The number of methoxy groups -OCH3 is 1. The summed E-state index contributed by atoms with van der Waals surface area (Å²) in [6.07, 6.45) is 1.20. The van der Waals surface area contributed by atoms with Crippen LogP contribution in [0.25, 0.3) is 0 Å². The number of amides is 1. The molecule has 1 fully saturated rings. The first-order valence-corrected chi connectivity index (χ1v) is 4.48. The van der Waals surface area contributed by atoms with Crippen LogP contribution in [-0.4, -0.2) is 31.1 Å². The van der Waals surface area contributed by atoms with Crippen molar-refractivity contribution in [1.29, 1.82) is 0 Å². The Hall–Kier alpha value is -2.11. The van der Waals surface area contributed by atoms with Gasteiger partial charge in [0.1, 0.15) is 0 Å². The summed E-state index contributed by atoms with van der Waals surface area (Å²) in [4.78, 5) is 33.0. The molecule has 1 saturated heterocycles. The molecule has 1 aliphatic rings. The first-order chi connectivity index (χ1) is 7.52. The van der Waals surface area contributed by atoms with Crippen LogP contribution in [0.2, 0.25) is 0 Å². The van der Waals surface area contributed by atoms with Crippen LogP contribution in [0, 0.1) is 0 Å². The van der Waals surface area contributed by atoms with Crippen molar-refractivity contribution in [2.24, 2.45) is 0 Å². The second-order valence-electron chi connectivity index (χ2n) is 3.08. The summed E-state index contributed by atoms with van der Waals surface area (Å²) < 4.78 is 9.06. The van der Waals surface area contributed by atoms with E-state index in [1.54, 1.807) is 0 Å². The fraction of sp³-hybridized carbons (Fsp3) is 0.300. The molecule has 0 radical (unpaired) electrons. The van der Waals surface area contributed by atoms with E-state index in [0.29, 0.717) is 5.70 Å². The number of esters is 2. The monoisotopic (exact) mass is 225 g/mol. The van der Waals surface area contributed by atoms with Gasteiger partial charge in [0, 0.05) is 24.3 Å². The molecule has 0 aromatic carbocycles. The largest absolute Gasteiger partial charge is 0.466 e. The maximum absolute atomic E-state index is 11.1. The van der Waals surface area contributed by atoms with E-state index >= 15 is 0 Å². The number of carbonyl (C=O) groups is 3. The van der Waals surface area contributed by atoms with Crippen LogP contribution in [0.15, 0.2) is 24.4 Å². The van der Waals surface area contributed by atoms with E-state index < -0.39 is 23.9 Å². The molecular formula is C10H11NO5. The van der Waals surface area contributed by atoms with Gasteiger partial charge in [0.25, 0.3) is 5.91 Å². The average molecular weight is 225 g/mol. The molecule has 1 amide bonds. The van der Waals surface area contributed by atoms with E-state index in [-0.39, 0.29) is 6.42 Å². The minimum Gasteiger partial charge on any atom is -0.466 e. The molecule has 0 aliphatic carbocycles. The van der Waals surface area contributed by atoms with E-state index in [2.05, 4.69) is 16.6 Å². The zero-order chi connectivity index (χ0) is 12.1. The van der Waals surface area contributed by atoms with Crippen LogP contribution in [0.5, 0.6) is 0 Å². The molecular weight excluding hydrogens is 214 g/mol. The van der Waals surface area contributed by atoms with Crippen molar-refractivity contribution in [3.63, 3.8) is 0 Å². The summed E-state index contributed by atoms with van der Waals surface area (Å²) in [5.41, 5.74) is 0.500. The van der Waals surface area contributed by atoms with E-state index in [1.165, 1.54) is 7.11 Å². The Morgan fingerprint density at radius 3 is 2.56 bits per heavy atom. The highest BCUT2D eigenvalue weighted by molar-refractivity contribution is 5.94. The lowest BCUT2D eigenvalue weighted by Gasteiger charge is -2.05. The third-order valence-corrected chi connectivity index (χ3v) is 1.84. The first kappa shape index (κ1) is 12.0. The van der Waals surface area contributed by atoms with Gasteiger partial charge in [-0.15, -0.1) is 0 Å². The van der Waals surface area contributed by atoms with Gasteiger partial charge in [0.15, 0.2) is 6.10 Å². The molecule has 0 aromatic heterocycles. The summed E-state index contributed by atoms with van der Waals surface area (Å²) in [7, 11) is 1.19. The van der Waals surface area contributed by atoms with Gasteiger partial charge in [-0.1, -0.05) is 6.58 Å². The SMILES string of the molecule is C=C1C[C@@H](OC(=O)/C=C/C(=O)OC)C(=O)N1. The van der Waals surface area contributed by atoms with Crippen molar-refractivity contribution in [1.82, 2.24) is 5.32 Å². The van der Waals surface area contributed by atoms with Crippen molar-refractivity contribution in [2.45, 2.75) is 12.5 Å². The van der Waals surface area contributed by atoms with Crippen LogP contribution in [0.4, 0.5) is 0 Å². The van der Waals surface area contributed by atoms with Crippen LogP contribution in [0.3, 0.4) is 0 Å². The highest BCUT2D eigenvalue weighted by Gasteiger charge is 2.29. The van der Waals surface area contributed by atoms with Gasteiger partial charge < -0.3 is 14.8 Å². The van der Waals surface area contributed by atoms with Crippen molar-refractivity contribution >= 4 is 17.8 Å². The van der Waals surface area contributed by atoms with Gasteiger partial charge in [-0.25, -0.2) is 9.59 Å². The highest BCUT2D eigenvalue weighted by atomic mass is 16.5. The number of hydrogen-bond donors (Lipinski definition) is 1. The average Bonchev–Trinajstić information content (AvgIpc) is 2.54. The van der Waals surface area contributed by atoms with Crippen molar-refractivity contribution in [2.75, 3.05) is 7.11 Å². The Labute approximate surface area is 91.9 Å². The van der Waals surface area contributed by atoms with E-state index in [4.69, 9.17) is 4.74 Å². The van der Waals surface area contributed by atoms with E-state index in [9.17, 15) is 14.4 Å². The number of ether oxygens (including phenoxy) is 2. The number of carbonyl (C=O) groups excluding carboxylic acids is 3. The lowest BCUT2D eigenvalue weighted by Crippen LogP contribution is -2.26. The fourth-order valence-corrected chi connectivity index (χ4v) is 1.10. The summed E-state index contributed by atoms with van der Waals surface area (Å²) in [6, 6.07) is 0. The molecule has 1 rings (SSSR count). The van der Waals surface area contributed by atoms with Crippen LogP contribution in [-0.2, 0) is 23.9 Å². The second kappa shape index (κ2) is 5.11. The molecule has 1 N–H and O–H groups in total. The van der Waals surface area contributed by atoms with E-state index in [0.717, 1.165) is 12.2 Å². The molecule has 86 valence electrons. The summed E-state index contributed by atoms with van der Waals surface area (Å²) in [6.45, 7) is 3.53. The molecule has 16 heavy (non-hydrogen) atoms. The maximum Gasteiger partial charge on any atom is 0.331 e. The Morgan fingerprint density at radius 2 is 2.06 bits per heavy atom. The van der Waals surface area contributed by atoms with Gasteiger partial charge in [-0.3, -0.25) is 4.79 Å². The standard InChI is InChI=1S/C10H11NO5/c1-6-5-7(10(14)11-6)16-9(13)4-3-8(12)15-2/h3-4,7H,1,5H2,2H3,(H,11,14)/b4-3+/t7-/m1/s1. The highest BCUT2D eigenvalue weighted by Crippen LogP contribution is 2.13. The summed E-state index contributed by atoms with van der Waals surface area (Å²) >= 11 is 0. The predicted octanol–water partition coefficient (Wildman–Crippen LogP) is -0.339. The Morgan fingerprint density at radius 1 is 1.44 bits per heavy atom. The predicted molar refractivity (Wildman–Crippen MR) is 52.9 cm³/mol. The van der Waals surface area contributed by atoms with Gasteiger partial charge in [-0.2, -0.15) is 0 Å². The van der Waals surface area contributed by atoms with Gasteiger partial charge in [0.2, 0.25) is 0 Å². The lowest BCUT2D eigenvalue weighted by molar-refractivity contribution is -0.149. The number of rotatable bonds is 3. The fourth-order valence-electron chi connectivity index (χ4n) is 1.10. The molecule has 0 unspecified atom stereocenters. The quantitative estimate of drug-likeness (QED) is 0.525. The Balaban J connectivity index is 2.46. The third-order valence-electron chi connectivity index (χ3n) is 1.84. The molecule has 0 aromatic rings. The van der Waals surface area contributed by atoms with Crippen LogP contribution >= 0.6 is 0 Å². The molecule has 1 atom stereocenters. The van der Waals surface area contributed by atoms with Gasteiger partial charge in [0.05, 0.1) is 7.11 Å². The second-order valence-corrected chi connectivity index (χ2v) is 3.08. The normalized spacial score (nSPS) is 19.7. The van der Waals surface area contributed by atoms with Crippen LogP contribution in [0.1, 0.15) is 6.42 Å². The van der Waals surface area contributed by atoms with Crippen molar-refractivity contribution in [3.8, 4) is 0 Å². The molecule has 0 bridgehead atoms. The smallest absolute Gasteiger partial charge is 0.331 e. The minimum absolute atomic E-state index is 0.247. The van der Waals surface area contributed by atoms with Crippen molar-refractivity contribution < 1.29 is 23.9 Å². The first-order valence-electron chi connectivity index (χ1n) is 4.48. The molecule has 6 nitrogen and oxygen atoms in total. The third kappa shape index (κ3) is 3.23. The zero-order valence-corrected chi connectivity index (χ0v) is 8.69.